The van der Waals surface area contributed by atoms with E-state index in [9.17, 15) is 18.4 Å². The lowest BCUT2D eigenvalue weighted by Crippen LogP contribution is -2.64. The molecule has 0 atom stereocenters. The van der Waals surface area contributed by atoms with Crippen LogP contribution in [0.25, 0.3) is 0 Å². The quantitative estimate of drug-likeness (QED) is 0.406. The summed E-state index contributed by atoms with van der Waals surface area (Å²) in [5.41, 5.74) is 2.59. The van der Waals surface area contributed by atoms with Gasteiger partial charge in [-0.05, 0) is 53.8 Å². The molecule has 1 fully saturated rings. The summed E-state index contributed by atoms with van der Waals surface area (Å²) in [5, 5.41) is 2.81. The molecule has 8 nitrogen and oxygen atoms in total. The van der Waals surface area contributed by atoms with Gasteiger partial charge in [0.25, 0.3) is 0 Å². The van der Waals surface area contributed by atoms with E-state index in [1.54, 1.807) is 31.3 Å². The van der Waals surface area contributed by atoms with Crippen molar-refractivity contribution in [2.45, 2.75) is 45.3 Å². The Balaban J connectivity index is 1.64. The number of anilines is 1. The number of amides is 1. The SMILES string of the molecule is COC(=O)c1cc(CN2CC(C(=O)Nc3ccc(C)nc3OC(F)F)(c3ccccc3C(C)C)C2)ccn1. The van der Waals surface area contributed by atoms with Crippen LogP contribution in [0, 0.1) is 6.92 Å². The van der Waals surface area contributed by atoms with E-state index in [0.29, 0.717) is 25.3 Å². The van der Waals surface area contributed by atoms with Crippen molar-refractivity contribution in [2.24, 2.45) is 0 Å². The fourth-order valence-corrected chi connectivity index (χ4v) is 4.79. The second-order valence-corrected chi connectivity index (χ2v) is 9.65. The van der Waals surface area contributed by atoms with Gasteiger partial charge in [-0.1, -0.05) is 38.1 Å². The minimum atomic E-state index is -3.08. The number of carbonyl (C=O) groups excluding carboxylic acids is 2. The lowest BCUT2D eigenvalue weighted by atomic mass is 9.69. The van der Waals surface area contributed by atoms with Crippen LogP contribution in [0.1, 0.15) is 52.6 Å². The molecule has 3 aromatic rings. The summed E-state index contributed by atoms with van der Waals surface area (Å²) in [5.74, 6) is -1.03. The molecule has 1 aliphatic rings. The predicted molar refractivity (Wildman–Crippen MR) is 137 cm³/mol. The summed E-state index contributed by atoms with van der Waals surface area (Å²) in [7, 11) is 1.30. The summed E-state index contributed by atoms with van der Waals surface area (Å²) >= 11 is 0. The number of hydrogen-bond donors (Lipinski definition) is 1. The van der Waals surface area contributed by atoms with E-state index in [-0.39, 0.29) is 29.1 Å². The summed E-state index contributed by atoms with van der Waals surface area (Å²) < 4.78 is 35.4. The molecule has 0 spiro atoms. The van der Waals surface area contributed by atoms with Crippen molar-refractivity contribution < 1.29 is 27.8 Å². The Hall–Kier alpha value is -3.92. The number of nitrogens with one attached hydrogen (secondary N) is 1. The van der Waals surface area contributed by atoms with E-state index in [0.717, 1.165) is 16.7 Å². The van der Waals surface area contributed by atoms with Crippen LogP contribution in [0.5, 0.6) is 5.88 Å². The Labute approximate surface area is 220 Å². The third-order valence-electron chi connectivity index (χ3n) is 6.59. The van der Waals surface area contributed by atoms with Gasteiger partial charge in [0.15, 0.2) is 0 Å². The van der Waals surface area contributed by atoms with Gasteiger partial charge in [-0.2, -0.15) is 8.78 Å². The molecule has 38 heavy (non-hydrogen) atoms. The first-order chi connectivity index (χ1) is 18.1. The van der Waals surface area contributed by atoms with Crippen molar-refractivity contribution in [1.82, 2.24) is 14.9 Å². The van der Waals surface area contributed by atoms with E-state index in [4.69, 9.17) is 4.74 Å². The zero-order chi connectivity index (χ0) is 27.4. The number of nitrogens with zero attached hydrogens (tertiary/aromatic N) is 3. The number of aryl methyl sites for hydroxylation is 1. The third-order valence-corrected chi connectivity index (χ3v) is 6.59. The lowest BCUT2D eigenvalue weighted by Gasteiger charge is -2.50. The smallest absolute Gasteiger partial charge is 0.388 e. The van der Waals surface area contributed by atoms with Gasteiger partial charge >= 0.3 is 12.6 Å². The maximum Gasteiger partial charge on any atom is 0.388 e. The second kappa shape index (κ2) is 11.2. The molecule has 0 unspecified atom stereocenters. The fourth-order valence-electron chi connectivity index (χ4n) is 4.79. The molecule has 1 aliphatic heterocycles. The highest BCUT2D eigenvalue weighted by Gasteiger charge is 2.51. The van der Waals surface area contributed by atoms with Crippen LogP contribution in [0.15, 0.2) is 54.7 Å². The number of ether oxygens (including phenoxy) is 2. The largest absolute Gasteiger partial charge is 0.464 e. The van der Waals surface area contributed by atoms with Gasteiger partial charge in [-0.3, -0.25) is 9.69 Å². The van der Waals surface area contributed by atoms with Crippen molar-refractivity contribution in [3.05, 3.63) is 82.8 Å². The van der Waals surface area contributed by atoms with Gasteiger partial charge in [0.2, 0.25) is 11.8 Å². The number of likely N-dealkylation sites (tertiary alicyclic amines) is 1. The predicted octanol–water partition coefficient (Wildman–Crippen LogP) is 4.69. The Morgan fingerprint density at radius 3 is 2.55 bits per heavy atom. The van der Waals surface area contributed by atoms with Crippen molar-refractivity contribution in [3.8, 4) is 5.88 Å². The minimum Gasteiger partial charge on any atom is -0.464 e. The Morgan fingerprint density at radius 1 is 1.13 bits per heavy atom. The number of halogens is 2. The van der Waals surface area contributed by atoms with Crippen LogP contribution < -0.4 is 10.1 Å². The highest BCUT2D eigenvalue weighted by Crippen LogP contribution is 2.41. The fraction of sp³-hybridized carbons (Fsp3) is 0.357. The molecule has 1 amide bonds. The van der Waals surface area contributed by atoms with Gasteiger partial charge in [0.1, 0.15) is 11.4 Å². The number of pyridine rings is 2. The van der Waals surface area contributed by atoms with E-state index >= 15 is 0 Å². The van der Waals surface area contributed by atoms with Crippen molar-refractivity contribution in [1.29, 1.82) is 0 Å². The molecule has 0 bridgehead atoms. The lowest BCUT2D eigenvalue weighted by molar-refractivity contribution is -0.128. The van der Waals surface area contributed by atoms with E-state index in [2.05, 4.69) is 38.8 Å². The average Bonchev–Trinajstić information content (AvgIpc) is 2.86. The van der Waals surface area contributed by atoms with E-state index in [1.165, 1.54) is 13.2 Å². The van der Waals surface area contributed by atoms with E-state index < -0.39 is 18.0 Å². The van der Waals surface area contributed by atoms with Crippen LogP contribution >= 0.6 is 0 Å². The maximum atomic E-state index is 13.9. The number of alkyl halides is 2. The monoisotopic (exact) mass is 524 g/mol. The van der Waals surface area contributed by atoms with Crippen LogP contribution in [-0.4, -0.2) is 53.6 Å². The number of benzene rings is 1. The maximum absolute atomic E-state index is 13.9. The first kappa shape index (κ1) is 27.1. The summed E-state index contributed by atoms with van der Waals surface area (Å²) in [6.07, 6.45) is 1.55. The van der Waals surface area contributed by atoms with E-state index in [1.807, 2.05) is 24.3 Å². The molecule has 1 aromatic carbocycles. The second-order valence-electron chi connectivity index (χ2n) is 9.65. The van der Waals surface area contributed by atoms with Gasteiger partial charge < -0.3 is 14.8 Å². The summed E-state index contributed by atoms with van der Waals surface area (Å²) in [4.78, 5) is 36.0. The Kier molecular flexibility index (Phi) is 8.01. The zero-order valence-corrected chi connectivity index (χ0v) is 21.7. The van der Waals surface area contributed by atoms with Crippen molar-refractivity contribution in [3.63, 3.8) is 0 Å². The third kappa shape index (κ3) is 5.65. The molecule has 1 saturated heterocycles. The first-order valence-electron chi connectivity index (χ1n) is 12.2. The number of hydrogen-bond acceptors (Lipinski definition) is 7. The molecule has 3 heterocycles. The average molecular weight is 525 g/mol. The molecule has 0 aliphatic carbocycles. The normalized spacial score (nSPS) is 14.7. The van der Waals surface area contributed by atoms with Gasteiger partial charge in [-0.25, -0.2) is 14.8 Å². The summed E-state index contributed by atoms with van der Waals surface area (Å²) in [6, 6.07) is 14.4. The molecule has 2 aromatic heterocycles. The number of carbonyl (C=O) groups is 2. The molecular weight excluding hydrogens is 494 g/mol. The number of methoxy groups -OCH3 is 1. The number of esters is 1. The van der Waals surface area contributed by atoms with Crippen LogP contribution in [0.3, 0.4) is 0 Å². The Morgan fingerprint density at radius 2 is 1.87 bits per heavy atom. The molecule has 200 valence electrons. The van der Waals surface area contributed by atoms with Crippen LogP contribution in [-0.2, 0) is 21.5 Å². The van der Waals surface area contributed by atoms with Gasteiger partial charge in [-0.15, -0.1) is 0 Å². The zero-order valence-electron chi connectivity index (χ0n) is 21.7. The molecule has 1 N–H and O–H groups in total. The summed E-state index contributed by atoms with van der Waals surface area (Å²) in [6.45, 7) is 3.93. The molecule has 0 radical (unpaired) electrons. The highest BCUT2D eigenvalue weighted by molar-refractivity contribution is 6.01. The molecular formula is C28H30F2N4O4. The van der Waals surface area contributed by atoms with Crippen LogP contribution in [0.4, 0.5) is 14.5 Å². The van der Waals surface area contributed by atoms with Gasteiger partial charge in [0, 0.05) is 31.5 Å². The minimum absolute atomic E-state index is 0.0811. The van der Waals surface area contributed by atoms with Gasteiger partial charge in [0.05, 0.1) is 12.5 Å². The topological polar surface area (TPSA) is 93.7 Å². The number of aromatic nitrogens is 2. The highest BCUT2D eigenvalue weighted by atomic mass is 19.3. The molecule has 4 rings (SSSR count). The Bertz CT molecular complexity index is 1330. The standard InChI is InChI=1S/C28H30F2N4O4/c1-17(2)20-7-5-6-8-21(20)28(26(36)33-22-10-9-18(3)32-24(22)38-27(29)30)15-34(16-28)14-19-11-12-31-23(13-19)25(35)37-4/h5-13,17,27H,14-16H2,1-4H3,(H,33,36). The number of rotatable bonds is 9. The van der Waals surface area contributed by atoms with Crippen molar-refractivity contribution >= 4 is 17.6 Å². The molecule has 10 heteroatoms. The first-order valence-corrected chi connectivity index (χ1v) is 12.2. The molecule has 0 saturated carbocycles. The van der Waals surface area contributed by atoms with Crippen molar-refractivity contribution in [2.75, 3.05) is 25.5 Å². The van der Waals surface area contributed by atoms with Crippen LogP contribution in [0.2, 0.25) is 0 Å².